The van der Waals surface area contributed by atoms with Crippen LogP contribution in [-0.4, -0.2) is 0 Å². The van der Waals surface area contributed by atoms with Crippen LogP contribution in [0, 0.1) is 11.3 Å². The largest absolute Gasteiger partial charge is 0.193 e. The van der Waals surface area contributed by atoms with Crippen molar-refractivity contribution in [3.8, 4) is 6.07 Å². The van der Waals surface area contributed by atoms with Crippen molar-refractivity contribution in [2.75, 3.05) is 0 Å². The third-order valence-corrected chi connectivity index (χ3v) is 3.38. The highest BCUT2D eigenvalue weighted by molar-refractivity contribution is 9.11. The van der Waals surface area contributed by atoms with Crippen LogP contribution in [0.25, 0.3) is 5.03 Å². The van der Waals surface area contributed by atoms with Gasteiger partial charge in [-0.15, -0.1) is 0 Å². The number of hydrogen-bond acceptors (Lipinski definition) is 1. The van der Waals surface area contributed by atoms with Gasteiger partial charge in [0.25, 0.3) is 0 Å². The van der Waals surface area contributed by atoms with Gasteiger partial charge in [-0.1, -0.05) is 56.8 Å². The fraction of sp³-hybridized carbons (Fsp3) is 0.250. The summed E-state index contributed by atoms with van der Waals surface area (Å²) in [6, 6.07) is 7.89. The fourth-order valence-corrected chi connectivity index (χ4v) is 2.86. The molecular weight excluding hydrogens is 353 g/mol. The predicted molar refractivity (Wildman–Crippen MR) is 75.1 cm³/mol. The average molecular weight is 363 g/mol. The monoisotopic (exact) mass is 361 g/mol. The van der Waals surface area contributed by atoms with Crippen LogP contribution in [-0.2, 0) is 0 Å². The van der Waals surface area contributed by atoms with Crippen LogP contribution < -0.4 is 0 Å². The number of nitrogens with zero attached hydrogens (tertiary/aromatic N) is 1. The SMILES string of the molecule is CCC/C(C#N)=C(/Cl)c1cc(Br)cc(Br)c1. The van der Waals surface area contributed by atoms with E-state index in [4.69, 9.17) is 16.9 Å². The van der Waals surface area contributed by atoms with Gasteiger partial charge < -0.3 is 0 Å². The summed E-state index contributed by atoms with van der Waals surface area (Å²) in [4.78, 5) is 0. The summed E-state index contributed by atoms with van der Waals surface area (Å²) in [5.41, 5.74) is 1.49. The Morgan fingerprint density at radius 1 is 1.31 bits per heavy atom. The summed E-state index contributed by atoms with van der Waals surface area (Å²) in [6.45, 7) is 2.03. The van der Waals surface area contributed by atoms with Gasteiger partial charge in [0.2, 0.25) is 0 Å². The minimum atomic E-state index is 0.534. The van der Waals surface area contributed by atoms with Crippen molar-refractivity contribution in [1.29, 1.82) is 5.26 Å². The molecule has 0 unspecified atom stereocenters. The number of hydrogen-bond donors (Lipinski definition) is 0. The fourth-order valence-electron chi connectivity index (χ4n) is 1.32. The van der Waals surface area contributed by atoms with E-state index in [0.29, 0.717) is 17.0 Å². The molecule has 1 nitrogen and oxygen atoms in total. The zero-order chi connectivity index (χ0) is 12.1. The van der Waals surface area contributed by atoms with Gasteiger partial charge in [-0.2, -0.15) is 5.26 Å². The van der Waals surface area contributed by atoms with Crippen molar-refractivity contribution < 1.29 is 0 Å². The topological polar surface area (TPSA) is 23.8 Å². The first-order chi connectivity index (χ1) is 7.58. The highest BCUT2D eigenvalue weighted by atomic mass is 79.9. The van der Waals surface area contributed by atoms with Crippen LogP contribution in [0.2, 0.25) is 0 Å². The van der Waals surface area contributed by atoms with Gasteiger partial charge in [0.15, 0.2) is 0 Å². The minimum Gasteiger partial charge on any atom is -0.193 e. The van der Waals surface area contributed by atoms with Crippen LogP contribution in [0.4, 0.5) is 0 Å². The maximum absolute atomic E-state index is 9.01. The third-order valence-electron chi connectivity index (χ3n) is 2.02. The molecule has 0 saturated carbocycles. The van der Waals surface area contributed by atoms with E-state index in [0.717, 1.165) is 20.9 Å². The second kappa shape index (κ2) is 6.44. The highest BCUT2D eigenvalue weighted by Crippen LogP contribution is 2.30. The Morgan fingerprint density at radius 2 is 1.88 bits per heavy atom. The maximum atomic E-state index is 9.01. The lowest BCUT2D eigenvalue weighted by molar-refractivity contribution is 0.933. The molecule has 0 heterocycles. The molecular formula is C12H10Br2ClN. The van der Waals surface area contributed by atoms with Gasteiger partial charge in [0.05, 0.1) is 11.1 Å². The Balaban J connectivity index is 3.22. The van der Waals surface area contributed by atoms with Crippen LogP contribution >= 0.6 is 43.5 Å². The molecule has 0 aromatic heterocycles. The molecule has 84 valence electrons. The molecule has 1 aromatic carbocycles. The van der Waals surface area contributed by atoms with E-state index in [1.54, 1.807) is 0 Å². The zero-order valence-corrected chi connectivity index (χ0v) is 12.7. The normalized spacial score (nSPS) is 11.9. The highest BCUT2D eigenvalue weighted by Gasteiger charge is 2.07. The molecule has 0 aliphatic rings. The lowest BCUT2D eigenvalue weighted by atomic mass is 10.1. The second-order valence-corrected chi connectivity index (χ2v) is 5.52. The molecule has 0 saturated heterocycles. The predicted octanol–water partition coefficient (Wildman–Crippen LogP) is 5.49. The smallest absolute Gasteiger partial charge is 0.0962 e. The zero-order valence-electron chi connectivity index (χ0n) is 8.73. The number of benzene rings is 1. The van der Waals surface area contributed by atoms with E-state index >= 15 is 0 Å². The van der Waals surface area contributed by atoms with E-state index < -0.39 is 0 Å². The number of rotatable bonds is 3. The average Bonchev–Trinajstić information content (AvgIpc) is 2.23. The third kappa shape index (κ3) is 3.62. The molecule has 0 aliphatic carbocycles. The summed E-state index contributed by atoms with van der Waals surface area (Å²) in [6.07, 6.45) is 1.62. The summed E-state index contributed by atoms with van der Waals surface area (Å²) in [7, 11) is 0. The Morgan fingerprint density at radius 3 is 2.31 bits per heavy atom. The molecule has 0 amide bonds. The van der Waals surface area contributed by atoms with Crippen LogP contribution in [0.15, 0.2) is 32.7 Å². The van der Waals surface area contributed by atoms with Crippen molar-refractivity contribution in [1.82, 2.24) is 0 Å². The summed E-state index contributed by atoms with van der Waals surface area (Å²) >= 11 is 13.0. The molecule has 0 radical (unpaired) electrons. The maximum Gasteiger partial charge on any atom is 0.0962 e. The lowest BCUT2D eigenvalue weighted by Gasteiger charge is -2.04. The first-order valence-electron chi connectivity index (χ1n) is 4.83. The summed E-state index contributed by atoms with van der Waals surface area (Å²) in [5.74, 6) is 0. The van der Waals surface area contributed by atoms with Crippen LogP contribution in [0.3, 0.4) is 0 Å². The molecule has 16 heavy (non-hydrogen) atoms. The molecule has 4 heteroatoms. The Labute approximate surface area is 117 Å². The first-order valence-corrected chi connectivity index (χ1v) is 6.80. The Kier molecular flexibility index (Phi) is 5.54. The molecule has 0 aliphatic heterocycles. The Bertz CT molecular complexity index is 440. The van der Waals surface area contributed by atoms with Crippen molar-refractivity contribution in [3.63, 3.8) is 0 Å². The number of allylic oxidation sites excluding steroid dienone is 1. The van der Waals surface area contributed by atoms with E-state index in [1.807, 2.05) is 25.1 Å². The second-order valence-electron chi connectivity index (χ2n) is 3.31. The van der Waals surface area contributed by atoms with Crippen molar-refractivity contribution >= 4 is 48.5 Å². The van der Waals surface area contributed by atoms with Gasteiger partial charge in [-0.3, -0.25) is 0 Å². The van der Waals surface area contributed by atoms with Gasteiger partial charge in [0, 0.05) is 14.5 Å². The van der Waals surface area contributed by atoms with Gasteiger partial charge >= 0.3 is 0 Å². The first kappa shape index (κ1) is 13.8. The standard InChI is InChI=1S/C12H10Br2ClN/c1-2-3-8(7-16)12(15)9-4-10(13)6-11(14)5-9/h4-6H,2-3H2,1H3/b12-8-. The molecule has 0 N–H and O–H groups in total. The molecule has 0 bridgehead atoms. The molecule has 0 spiro atoms. The van der Waals surface area contributed by atoms with E-state index in [-0.39, 0.29) is 0 Å². The van der Waals surface area contributed by atoms with Crippen molar-refractivity contribution in [2.24, 2.45) is 0 Å². The van der Waals surface area contributed by atoms with E-state index in [9.17, 15) is 0 Å². The van der Waals surface area contributed by atoms with Crippen molar-refractivity contribution in [2.45, 2.75) is 19.8 Å². The lowest BCUT2D eigenvalue weighted by Crippen LogP contribution is -1.86. The Hall–Kier alpha value is -0.300. The molecule has 0 atom stereocenters. The summed E-state index contributed by atoms with van der Waals surface area (Å²) < 4.78 is 1.87. The van der Waals surface area contributed by atoms with E-state index in [1.165, 1.54) is 0 Å². The molecule has 0 fully saturated rings. The van der Waals surface area contributed by atoms with Gasteiger partial charge in [0.1, 0.15) is 0 Å². The molecule has 1 rings (SSSR count). The van der Waals surface area contributed by atoms with Crippen LogP contribution in [0.5, 0.6) is 0 Å². The molecule has 1 aromatic rings. The van der Waals surface area contributed by atoms with Gasteiger partial charge in [-0.25, -0.2) is 0 Å². The number of halogens is 3. The number of nitriles is 1. The van der Waals surface area contributed by atoms with Gasteiger partial charge in [-0.05, 0) is 30.2 Å². The van der Waals surface area contributed by atoms with Crippen LogP contribution in [0.1, 0.15) is 25.3 Å². The minimum absolute atomic E-state index is 0.534. The van der Waals surface area contributed by atoms with E-state index in [2.05, 4.69) is 37.9 Å². The quantitative estimate of drug-likeness (QED) is 0.652. The van der Waals surface area contributed by atoms with Crippen molar-refractivity contribution in [3.05, 3.63) is 38.3 Å². The summed E-state index contributed by atoms with van der Waals surface area (Å²) in [5, 5.41) is 9.55.